The van der Waals surface area contributed by atoms with Gasteiger partial charge in [-0.3, -0.25) is 14.9 Å². The van der Waals surface area contributed by atoms with E-state index in [2.05, 4.69) is 10.4 Å². The maximum absolute atomic E-state index is 11.9. The first-order valence-corrected chi connectivity index (χ1v) is 5.72. The van der Waals surface area contributed by atoms with E-state index < -0.39 is 0 Å². The molecule has 2 amide bonds. The van der Waals surface area contributed by atoms with Gasteiger partial charge in [-0.15, -0.1) is 0 Å². The number of rotatable bonds is 1. The minimum absolute atomic E-state index is 0.225. The van der Waals surface area contributed by atoms with Gasteiger partial charge < -0.3 is 5.73 Å². The number of carbonyl (C=O) groups excluding carboxylic acids is 2. The molecule has 6 nitrogen and oxygen atoms in total. The first-order valence-electron chi connectivity index (χ1n) is 5.72. The van der Waals surface area contributed by atoms with Gasteiger partial charge in [0.15, 0.2) is 0 Å². The molecule has 1 aliphatic heterocycles. The summed E-state index contributed by atoms with van der Waals surface area (Å²) in [5.74, 6) is -0.890. The molecule has 1 atom stereocenters. The fourth-order valence-electron chi connectivity index (χ4n) is 2.31. The molecule has 1 saturated heterocycles. The second kappa shape index (κ2) is 3.83. The lowest BCUT2D eigenvalue weighted by atomic mass is 9.94. The van der Waals surface area contributed by atoms with E-state index in [1.807, 2.05) is 6.07 Å². The number of nitrogens with two attached hydrogens (primary N) is 1. The number of nitrogens with zero attached hydrogens (tertiary/aromatic N) is 2. The van der Waals surface area contributed by atoms with Gasteiger partial charge in [-0.05, 0) is 24.6 Å². The normalized spacial score (nSPS) is 20.1. The summed E-state index contributed by atoms with van der Waals surface area (Å²) in [5.41, 5.74) is 7.97. The zero-order chi connectivity index (χ0) is 12.7. The molecule has 1 unspecified atom stereocenters. The van der Waals surface area contributed by atoms with Crippen molar-refractivity contribution in [2.45, 2.75) is 18.8 Å². The van der Waals surface area contributed by atoms with Gasteiger partial charge in [-0.25, -0.2) is 4.52 Å². The second-order valence-electron chi connectivity index (χ2n) is 4.39. The standard InChI is InChI=1S/C12H12N4O2/c13-7-5-8-3-4-14-16(8)10(6-7)9-1-2-11(17)15-12(9)18/h3-6,9H,1-2,13H2,(H,15,17,18). The van der Waals surface area contributed by atoms with Gasteiger partial charge in [0.05, 0.1) is 17.1 Å². The molecule has 3 rings (SSSR count). The van der Waals surface area contributed by atoms with Gasteiger partial charge in [0.25, 0.3) is 0 Å². The maximum atomic E-state index is 11.9. The van der Waals surface area contributed by atoms with E-state index in [0.717, 1.165) is 11.2 Å². The lowest BCUT2D eigenvalue weighted by molar-refractivity contribution is -0.134. The van der Waals surface area contributed by atoms with E-state index in [-0.39, 0.29) is 17.7 Å². The van der Waals surface area contributed by atoms with Crippen LogP contribution in [0.15, 0.2) is 24.4 Å². The zero-order valence-electron chi connectivity index (χ0n) is 9.59. The molecule has 0 aromatic carbocycles. The monoisotopic (exact) mass is 244 g/mol. The maximum Gasteiger partial charge on any atom is 0.235 e. The van der Waals surface area contributed by atoms with E-state index in [9.17, 15) is 9.59 Å². The Balaban J connectivity index is 2.11. The van der Waals surface area contributed by atoms with Crippen molar-refractivity contribution < 1.29 is 9.59 Å². The third kappa shape index (κ3) is 1.62. The molecular weight excluding hydrogens is 232 g/mol. The highest BCUT2D eigenvalue weighted by molar-refractivity contribution is 6.00. The molecule has 0 radical (unpaired) electrons. The molecule has 1 fully saturated rings. The topological polar surface area (TPSA) is 89.5 Å². The van der Waals surface area contributed by atoms with Gasteiger partial charge in [0.2, 0.25) is 11.8 Å². The number of nitrogen functional groups attached to an aromatic ring is 1. The Morgan fingerprint density at radius 1 is 1.39 bits per heavy atom. The largest absolute Gasteiger partial charge is 0.399 e. The molecule has 0 saturated carbocycles. The van der Waals surface area contributed by atoms with Crippen molar-refractivity contribution in [3.05, 3.63) is 30.1 Å². The molecule has 2 aromatic heterocycles. The van der Waals surface area contributed by atoms with E-state index in [1.54, 1.807) is 22.8 Å². The number of aromatic nitrogens is 2. The average molecular weight is 244 g/mol. The number of anilines is 1. The van der Waals surface area contributed by atoms with Crippen molar-refractivity contribution in [3.63, 3.8) is 0 Å². The molecule has 1 aliphatic rings. The summed E-state index contributed by atoms with van der Waals surface area (Å²) in [4.78, 5) is 23.0. The van der Waals surface area contributed by atoms with Crippen LogP contribution >= 0.6 is 0 Å². The third-order valence-electron chi connectivity index (χ3n) is 3.14. The van der Waals surface area contributed by atoms with E-state index in [4.69, 9.17) is 5.73 Å². The number of piperidine rings is 1. The van der Waals surface area contributed by atoms with Gasteiger partial charge >= 0.3 is 0 Å². The summed E-state index contributed by atoms with van der Waals surface area (Å²) in [6, 6.07) is 5.36. The number of nitrogens with one attached hydrogen (secondary N) is 1. The first kappa shape index (κ1) is 10.8. The van der Waals surface area contributed by atoms with Gasteiger partial charge in [0.1, 0.15) is 0 Å². The van der Waals surface area contributed by atoms with Crippen LogP contribution in [0.5, 0.6) is 0 Å². The molecule has 0 bridgehead atoms. The van der Waals surface area contributed by atoms with Crippen molar-refractivity contribution in [3.8, 4) is 0 Å². The third-order valence-corrected chi connectivity index (χ3v) is 3.14. The summed E-state index contributed by atoms with van der Waals surface area (Å²) >= 11 is 0. The molecule has 18 heavy (non-hydrogen) atoms. The van der Waals surface area contributed by atoms with Crippen LogP contribution in [-0.2, 0) is 9.59 Å². The molecule has 3 N–H and O–H groups in total. The highest BCUT2D eigenvalue weighted by Gasteiger charge is 2.30. The van der Waals surface area contributed by atoms with E-state index in [0.29, 0.717) is 18.5 Å². The van der Waals surface area contributed by atoms with Gasteiger partial charge in [-0.2, -0.15) is 5.10 Å². The lowest BCUT2D eigenvalue weighted by Gasteiger charge is -2.21. The van der Waals surface area contributed by atoms with Gasteiger partial charge in [-0.1, -0.05) is 0 Å². The summed E-state index contributed by atoms with van der Waals surface area (Å²) in [5, 5.41) is 6.53. The highest BCUT2D eigenvalue weighted by atomic mass is 16.2. The summed E-state index contributed by atoms with van der Waals surface area (Å²) in [7, 11) is 0. The Hall–Kier alpha value is -2.37. The number of hydrogen-bond acceptors (Lipinski definition) is 4. The quantitative estimate of drug-likeness (QED) is 0.712. The van der Waals surface area contributed by atoms with Crippen LogP contribution in [0.4, 0.5) is 5.69 Å². The fraction of sp³-hybridized carbons (Fsp3) is 0.250. The first-order chi connectivity index (χ1) is 8.65. The Kier molecular flexibility index (Phi) is 2.29. The Morgan fingerprint density at radius 2 is 2.22 bits per heavy atom. The van der Waals surface area contributed by atoms with Crippen molar-refractivity contribution in [1.29, 1.82) is 0 Å². The van der Waals surface area contributed by atoms with Crippen LogP contribution in [0.2, 0.25) is 0 Å². The van der Waals surface area contributed by atoms with E-state index >= 15 is 0 Å². The van der Waals surface area contributed by atoms with Crippen molar-refractivity contribution in [1.82, 2.24) is 14.9 Å². The Bertz CT molecular complexity index is 647. The molecule has 0 spiro atoms. The molecule has 3 heterocycles. The van der Waals surface area contributed by atoms with Crippen LogP contribution in [-0.4, -0.2) is 21.4 Å². The van der Waals surface area contributed by atoms with Crippen molar-refractivity contribution in [2.24, 2.45) is 0 Å². The second-order valence-corrected chi connectivity index (χ2v) is 4.39. The molecular formula is C12H12N4O2. The van der Waals surface area contributed by atoms with Crippen LogP contribution in [0, 0.1) is 0 Å². The highest BCUT2D eigenvalue weighted by Crippen LogP contribution is 2.27. The Labute approximate surface area is 103 Å². The number of imide groups is 1. The minimum Gasteiger partial charge on any atom is -0.399 e. The summed E-state index contributed by atoms with van der Waals surface area (Å²) in [6.07, 6.45) is 2.49. The van der Waals surface area contributed by atoms with Crippen molar-refractivity contribution >= 4 is 23.0 Å². The number of pyridine rings is 1. The minimum atomic E-state index is -0.381. The van der Waals surface area contributed by atoms with Crippen LogP contribution in [0.1, 0.15) is 24.5 Å². The van der Waals surface area contributed by atoms with Crippen LogP contribution in [0.3, 0.4) is 0 Å². The molecule has 6 heteroatoms. The number of carbonyl (C=O) groups is 2. The number of amides is 2. The lowest BCUT2D eigenvalue weighted by Crippen LogP contribution is -2.40. The summed E-state index contributed by atoms with van der Waals surface area (Å²) < 4.78 is 1.69. The van der Waals surface area contributed by atoms with E-state index in [1.165, 1.54) is 0 Å². The van der Waals surface area contributed by atoms with Crippen LogP contribution < -0.4 is 11.1 Å². The predicted octanol–water partition coefficient (Wildman–Crippen LogP) is 0.437. The van der Waals surface area contributed by atoms with Crippen molar-refractivity contribution in [2.75, 3.05) is 5.73 Å². The molecule has 0 aliphatic carbocycles. The zero-order valence-corrected chi connectivity index (χ0v) is 9.59. The van der Waals surface area contributed by atoms with Gasteiger partial charge in [0, 0.05) is 18.3 Å². The molecule has 92 valence electrons. The SMILES string of the molecule is Nc1cc(C2CCC(=O)NC2=O)n2nccc2c1. The number of hydrogen-bond donors (Lipinski definition) is 2. The number of fused-ring (bicyclic) bond motifs is 1. The molecule has 2 aromatic rings. The fourth-order valence-corrected chi connectivity index (χ4v) is 2.31. The smallest absolute Gasteiger partial charge is 0.235 e. The van der Waals surface area contributed by atoms with Crippen LogP contribution in [0.25, 0.3) is 5.52 Å². The summed E-state index contributed by atoms with van der Waals surface area (Å²) in [6.45, 7) is 0. The predicted molar refractivity (Wildman–Crippen MR) is 64.7 cm³/mol. The Morgan fingerprint density at radius 3 is 3.00 bits per heavy atom. The average Bonchev–Trinajstić information content (AvgIpc) is 2.76.